The molecule has 1 heterocycles. The predicted molar refractivity (Wildman–Crippen MR) is 126 cm³/mol. The van der Waals surface area contributed by atoms with E-state index in [0.29, 0.717) is 5.75 Å². The fraction of sp³-hybridized carbons (Fsp3) is 0.115. The number of carbonyl (C=O) groups is 1. The van der Waals surface area contributed by atoms with Gasteiger partial charge in [-0.15, -0.1) is 0 Å². The highest BCUT2D eigenvalue weighted by Crippen LogP contribution is 2.31. The zero-order valence-corrected chi connectivity index (χ0v) is 19.8. The molecule has 0 fully saturated rings. The van der Waals surface area contributed by atoms with E-state index >= 15 is 0 Å². The maximum absolute atomic E-state index is 13.8. The molecule has 0 saturated carbocycles. The first-order valence-corrected chi connectivity index (χ1v) is 10.9. The molecule has 8 nitrogen and oxygen atoms in total. The summed E-state index contributed by atoms with van der Waals surface area (Å²) in [7, 11) is 0. The van der Waals surface area contributed by atoms with E-state index in [0.717, 1.165) is 17.2 Å². The van der Waals surface area contributed by atoms with Crippen molar-refractivity contribution < 1.29 is 41.2 Å². The molecule has 0 bridgehead atoms. The number of halogens is 4. The number of amides is 1. The summed E-state index contributed by atoms with van der Waals surface area (Å²) in [5.41, 5.74) is 1.52. The number of nitrogens with zero attached hydrogens (tertiary/aromatic N) is 1. The van der Waals surface area contributed by atoms with Gasteiger partial charge in [-0.3, -0.25) is 14.9 Å². The van der Waals surface area contributed by atoms with E-state index < -0.39 is 46.5 Å². The van der Waals surface area contributed by atoms with Gasteiger partial charge in [0.25, 0.3) is 11.6 Å². The van der Waals surface area contributed by atoms with Crippen molar-refractivity contribution in [2.75, 3.05) is 5.32 Å². The molecule has 0 aliphatic carbocycles. The number of nitrogens with one attached hydrogen (secondary N) is 1. The van der Waals surface area contributed by atoms with Gasteiger partial charge < -0.3 is 19.2 Å². The highest BCUT2D eigenvalue weighted by molar-refractivity contribution is 6.02. The van der Waals surface area contributed by atoms with Crippen molar-refractivity contribution in [1.82, 2.24) is 0 Å². The summed E-state index contributed by atoms with van der Waals surface area (Å²) in [4.78, 5) is 23.4. The summed E-state index contributed by atoms with van der Waals surface area (Å²) in [6.45, 7) is 3.07. The number of hydrogen-bond donors (Lipinski definition) is 1. The van der Waals surface area contributed by atoms with Gasteiger partial charge in [-0.1, -0.05) is 6.07 Å². The summed E-state index contributed by atoms with van der Waals surface area (Å²) in [6.07, 6.45) is 0. The Morgan fingerprint density at radius 2 is 1.55 bits per heavy atom. The van der Waals surface area contributed by atoms with Crippen LogP contribution in [-0.4, -0.2) is 10.8 Å². The van der Waals surface area contributed by atoms with Crippen LogP contribution < -0.4 is 14.8 Å². The highest BCUT2D eigenvalue weighted by atomic mass is 19.2. The van der Waals surface area contributed by atoms with Gasteiger partial charge in [-0.2, -0.15) is 8.78 Å². The molecule has 4 aromatic rings. The molecule has 12 heteroatoms. The van der Waals surface area contributed by atoms with Crippen LogP contribution in [0.2, 0.25) is 0 Å². The predicted octanol–water partition coefficient (Wildman–Crippen LogP) is 6.98. The second-order valence-electron chi connectivity index (χ2n) is 8.20. The largest absolute Gasteiger partial charge is 0.479 e. The molecule has 0 spiro atoms. The molecule has 38 heavy (non-hydrogen) atoms. The van der Waals surface area contributed by atoms with E-state index in [1.54, 1.807) is 12.1 Å². The van der Waals surface area contributed by atoms with Gasteiger partial charge in [-0.25, -0.2) is 8.78 Å². The maximum atomic E-state index is 13.8. The van der Waals surface area contributed by atoms with Gasteiger partial charge in [0.2, 0.25) is 11.6 Å². The number of nitro groups is 1. The molecule has 0 atom stereocenters. The molecule has 0 aliphatic rings. The number of hydrogen-bond acceptors (Lipinski definition) is 6. The van der Waals surface area contributed by atoms with Crippen LogP contribution in [0.15, 0.2) is 59.0 Å². The summed E-state index contributed by atoms with van der Waals surface area (Å²) >= 11 is 0. The molecular weight excluding hydrogens is 512 g/mol. The Morgan fingerprint density at radius 1 is 0.921 bits per heavy atom. The number of anilines is 1. The quantitative estimate of drug-likeness (QED) is 0.114. The second-order valence-corrected chi connectivity index (χ2v) is 8.20. The summed E-state index contributed by atoms with van der Waals surface area (Å²) in [5, 5.41) is 13.9. The number of rotatable bonds is 8. The van der Waals surface area contributed by atoms with Crippen molar-refractivity contribution in [1.29, 1.82) is 0 Å². The molecule has 4 rings (SSSR count). The Kier molecular flexibility index (Phi) is 7.33. The standard InChI is InChI=1S/C26H18F4N2O6/c1-13-5-14(2)7-18(6-13)37-19-9-15(8-16(10-19)32(34)35)31-26(33)22-4-3-17(38-22)12-36-25-23(29)20(27)11-21(28)24(25)30/h3-11H,12H2,1-2H3,(H,31,33). The molecule has 0 aliphatic heterocycles. The first-order valence-electron chi connectivity index (χ1n) is 10.9. The molecule has 0 unspecified atom stereocenters. The maximum Gasteiger partial charge on any atom is 0.291 e. The number of carbonyl (C=O) groups excluding carboxylic acids is 1. The van der Waals surface area contributed by atoms with Gasteiger partial charge in [0.15, 0.2) is 23.1 Å². The van der Waals surface area contributed by atoms with Crippen LogP contribution >= 0.6 is 0 Å². The number of non-ortho nitro benzene ring substituents is 1. The zero-order chi connectivity index (χ0) is 27.6. The summed E-state index contributed by atoms with van der Waals surface area (Å²) in [5.74, 6) is -8.67. The van der Waals surface area contributed by atoms with E-state index in [9.17, 15) is 32.5 Å². The van der Waals surface area contributed by atoms with E-state index in [2.05, 4.69) is 5.32 Å². The average Bonchev–Trinajstić information content (AvgIpc) is 3.31. The molecule has 196 valence electrons. The Morgan fingerprint density at radius 3 is 2.18 bits per heavy atom. The topological polar surface area (TPSA) is 104 Å². The third-order valence-electron chi connectivity index (χ3n) is 5.11. The lowest BCUT2D eigenvalue weighted by molar-refractivity contribution is -0.384. The molecule has 1 aromatic heterocycles. The van der Waals surface area contributed by atoms with Crippen molar-refractivity contribution in [2.45, 2.75) is 20.5 Å². The highest BCUT2D eigenvalue weighted by Gasteiger charge is 2.22. The van der Waals surface area contributed by atoms with Gasteiger partial charge in [0.1, 0.15) is 23.9 Å². The fourth-order valence-corrected chi connectivity index (χ4v) is 3.54. The summed E-state index contributed by atoms with van der Waals surface area (Å²) in [6, 6.07) is 11.6. The monoisotopic (exact) mass is 530 g/mol. The molecule has 3 aromatic carbocycles. The Labute approximate surface area is 212 Å². The lowest BCUT2D eigenvalue weighted by atomic mass is 10.1. The van der Waals surface area contributed by atoms with E-state index in [1.165, 1.54) is 24.3 Å². The van der Waals surface area contributed by atoms with Crippen molar-refractivity contribution in [2.24, 2.45) is 0 Å². The van der Waals surface area contributed by atoms with Crippen LogP contribution in [0.3, 0.4) is 0 Å². The molecular formula is C26H18F4N2O6. The Bertz CT molecular complexity index is 1510. The van der Waals surface area contributed by atoms with Crippen LogP contribution in [0, 0.1) is 47.2 Å². The number of furan rings is 1. The van der Waals surface area contributed by atoms with Gasteiger partial charge in [0, 0.05) is 18.2 Å². The van der Waals surface area contributed by atoms with Crippen LogP contribution in [0.4, 0.5) is 28.9 Å². The second kappa shape index (κ2) is 10.6. The fourth-order valence-electron chi connectivity index (χ4n) is 3.54. The Balaban J connectivity index is 1.50. The molecule has 1 N–H and O–H groups in total. The van der Waals surface area contributed by atoms with Gasteiger partial charge >= 0.3 is 0 Å². The van der Waals surface area contributed by atoms with Crippen LogP contribution in [-0.2, 0) is 6.61 Å². The number of aryl methyl sites for hydroxylation is 2. The molecule has 0 saturated heterocycles. The third kappa shape index (κ3) is 5.91. The SMILES string of the molecule is Cc1cc(C)cc(Oc2cc(NC(=O)c3ccc(COc4c(F)c(F)cc(F)c4F)o3)cc([N+](=O)[O-])c2)c1. The van der Waals surface area contributed by atoms with E-state index in [1.807, 2.05) is 19.9 Å². The lowest BCUT2D eigenvalue weighted by Crippen LogP contribution is -2.11. The molecule has 1 amide bonds. The Hall–Kier alpha value is -4.87. The van der Waals surface area contributed by atoms with Crippen molar-refractivity contribution in [3.05, 3.63) is 111 Å². The third-order valence-corrected chi connectivity index (χ3v) is 5.11. The zero-order valence-electron chi connectivity index (χ0n) is 19.8. The average molecular weight is 530 g/mol. The van der Waals surface area contributed by atoms with Crippen molar-refractivity contribution >= 4 is 17.3 Å². The van der Waals surface area contributed by atoms with Crippen molar-refractivity contribution in [3.8, 4) is 17.2 Å². The van der Waals surface area contributed by atoms with E-state index in [4.69, 9.17) is 13.9 Å². The van der Waals surface area contributed by atoms with Gasteiger partial charge in [-0.05, 0) is 49.2 Å². The first-order chi connectivity index (χ1) is 18.0. The van der Waals surface area contributed by atoms with Gasteiger partial charge in [0.05, 0.1) is 16.7 Å². The minimum Gasteiger partial charge on any atom is -0.479 e. The minimum absolute atomic E-state index is 0.0251. The number of nitro benzene ring substituents is 1. The van der Waals surface area contributed by atoms with E-state index in [-0.39, 0.29) is 34.7 Å². The van der Waals surface area contributed by atoms with Crippen LogP contribution in [0.5, 0.6) is 17.2 Å². The smallest absolute Gasteiger partial charge is 0.291 e. The first kappa shape index (κ1) is 26.2. The normalized spacial score (nSPS) is 10.8. The van der Waals surface area contributed by atoms with Crippen LogP contribution in [0.25, 0.3) is 0 Å². The summed E-state index contributed by atoms with van der Waals surface area (Å²) < 4.78 is 70.0. The lowest BCUT2D eigenvalue weighted by Gasteiger charge is -2.10. The van der Waals surface area contributed by atoms with Crippen LogP contribution in [0.1, 0.15) is 27.4 Å². The minimum atomic E-state index is -1.72. The van der Waals surface area contributed by atoms with Crippen molar-refractivity contribution in [3.63, 3.8) is 0 Å². The number of benzene rings is 3. The number of ether oxygens (including phenoxy) is 2. The molecule has 0 radical (unpaired) electrons.